The zero-order valence-corrected chi connectivity index (χ0v) is 18.1. The van der Waals surface area contributed by atoms with Crippen molar-refractivity contribution < 1.29 is 22.7 Å². The summed E-state index contributed by atoms with van der Waals surface area (Å²) in [6, 6.07) is 14.1. The number of hydrogen-bond donors (Lipinski definition) is 1. The van der Waals surface area contributed by atoms with Crippen LogP contribution in [0.2, 0.25) is 0 Å². The topological polar surface area (TPSA) is 96.0 Å². The van der Waals surface area contributed by atoms with E-state index in [0.29, 0.717) is 37.4 Å². The van der Waals surface area contributed by atoms with Gasteiger partial charge in [0.25, 0.3) is 5.91 Å². The summed E-state index contributed by atoms with van der Waals surface area (Å²) < 4.78 is 33.1. The zero-order chi connectivity index (χ0) is 22.0. The SMILES string of the molecule is CN(Cc1ccccc1)C(=O)[C@@H]1CCCN(S(=O)(=O)c2ccc3c(c2)NC(=O)CO3)C1. The summed E-state index contributed by atoms with van der Waals surface area (Å²) in [5.41, 5.74) is 1.36. The molecule has 0 spiro atoms. The van der Waals surface area contributed by atoms with E-state index in [4.69, 9.17) is 4.74 Å². The molecule has 4 rings (SSSR count). The molecular formula is C22H25N3O5S. The fourth-order valence-corrected chi connectivity index (χ4v) is 5.53. The van der Waals surface area contributed by atoms with Gasteiger partial charge in [0.1, 0.15) is 5.75 Å². The van der Waals surface area contributed by atoms with Gasteiger partial charge in [0.2, 0.25) is 15.9 Å². The van der Waals surface area contributed by atoms with E-state index in [1.807, 2.05) is 30.3 Å². The first-order valence-electron chi connectivity index (χ1n) is 10.2. The molecule has 1 saturated heterocycles. The third-order valence-corrected chi connectivity index (χ3v) is 7.45. The lowest BCUT2D eigenvalue weighted by Crippen LogP contribution is -2.45. The van der Waals surface area contributed by atoms with Crippen LogP contribution in [0.3, 0.4) is 0 Å². The Bertz CT molecular complexity index is 1090. The first-order valence-corrected chi connectivity index (χ1v) is 11.6. The lowest BCUT2D eigenvalue weighted by atomic mass is 9.98. The highest BCUT2D eigenvalue weighted by atomic mass is 32.2. The summed E-state index contributed by atoms with van der Waals surface area (Å²) in [4.78, 5) is 26.3. The second-order valence-corrected chi connectivity index (χ2v) is 9.81. The van der Waals surface area contributed by atoms with Crippen LogP contribution in [-0.2, 0) is 26.2 Å². The normalized spacial score (nSPS) is 19.1. The standard InChI is InChI=1S/C22H25N3O5S/c1-24(13-16-6-3-2-4-7-16)22(27)17-8-5-11-25(14-17)31(28,29)18-9-10-20-19(12-18)23-21(26)15-30-20/h2-4,6-7,9-10,12,17H,5,8,11,13-15H2,1H3,(H,23,26)/t17-/m1/s1. The number of hydrogen-bond acceptors (Lipinski definition) is 5. The van der Waals surface area contributed by atoms with Crippen LogP contribution in [-0.4, -0.2) is 56.2 Å². The van der Waals surface area contributed by atoms with Gasteiger partial charge >= 0.3 is 0 Å². The van der Waals surface area contributed by atoms with E-state index in [2.05, 4.69) is 5.32 Å². The number of anilines is 1. The molecule has 0 unspecified atom stereocenters. The summed E-state index contributed by atoms with van der Waals surface area (Å²) in [6.45, 7) is 0.883. The molecule has 2 amide bonds. The molecule has 0 aliphatic carbocycles. The first-order chi connectivity index (χ1) is 14.8. The third kappa shape index (κ3) is 4.57. The summed E-state index contributed by atoms with van der Waals surface area (Å²) >= 11 is 0. The van der Waals surface area contributed by atoms with Crippen LogP contribution in [0.25, 0.3) is 0 Å². The van der Waals surface area contributed by atoms with Crippen molar-refractivity contribution in [2.75, 3.05) is 32.1 Å². The molecule has 2 aromatic carbocycles. The van der Waals surface area contributed by atoms with Gasteiger partial charge in [0, 0.05) is 26.7 Å². The van der Waals surface area contributed by atoms with Crippen LogP contribution in [0.15, 0.2) is 53.4 Å². The van der Waals surface area contributed by atoms with Crippen molar-refractivity contribution in [3.05, 3.63) is 54.1 Å². The Morgan fingerprint density at radius 3 is 2.77 bits per heavy atom. The highest BCUT2D eigenvalue weighted by molar-refractivity contribution is 7.89. The smallest absolute Gasteiger partial charge is 0.262 e. The first kappa shape index (κ1) is 21.3. The van der Waals surface area contributed by atoms with E-state index in [1.165, 1.54) is 16.4 Å². The van der Waals surface area contributed by atoms with E-state index in [1.54, 1.807) is 18.0 Å². The summed E-state index contributed by atoms with van der Waals surface area (Å²) in [6.07, 6.45) is 1.26. The minimum Gasteiger partial charge on any atom is -0.482 e. The number of fused-ring (bicyclic) bond motifs is 1. The number of piperidine rings is 1. The maximum Gasteiger partial charge on any atom is 0.262 e. The van der Waals surface area contributed by atoms with E-state index < -0.39 is 15.9 Å². The van der Waals surface area contributed by atoms with Gasteiger partial charge in [0.15, 0.2) is 6.61 Å². The van der Waals surface area contributed by atoms with E-state index in [9.17, 15) is 18.0 Å². The predicted molar refractivity (Wildman–Crippen MR) is 115 cm³/mol. The van der Waals surface area contributed by atoms with Gasteiger partial charge in [-0.1, -0.05) is 30.3 Å². The zero-order valence-electron chi connectivity index (χ0n) is 17.3. The number of ether oxygens (including phenoxy) is 1. The maximum atomic E-state index is 13.2. The van der Waals surface area contributed by atoms with Gasteiger partial charge in [-0.2, -0.15) is 4.31 Å². The van der Waals surface area contributed by atoms with Crippen molar-refractivity contribution in [2.45, 2.75) is 24.3 Å². The second kappa shape index (κ2) is 8.68. The predicted octanol–water partition coefficient (Wildman–Crippen LogP) is 2.08. The number of nitrogens with zero attached hydrogens (tertiary/aromatic N) is 2. The quantitative estimate of drug-likeness (QED) is 0.763. The van der Waals surface area contributed by atoms with Gasteiger partial charge in [0.05, 0.1) is 16.5 Å². The number of carbonyl (C=O) groups excluding carboxylic acids is 2. The van der Waals surface area contributed by atoms with E-state index in [0.717, 1.165) is 5.56 Å². The van der Waals surface area contributed by atoms with Gasteiger partial charge in [-0.3, -0.25) is 9.59 Å². The number of benzene rings is 2. The molecular weight excluding hydrogens is 418 g/mol. The van der Waals surface area contributed by atoms with Gasteiger partial charge in [-0.25, -0.2) is 8.42 Å². The molecule has 1 atom stereocenters. The summed E-state index contributed by atoms with van der Waals surface area (Å²) in [5.74, 6) is -0.340. The maximum absolute atomic E-state index is 13.2. The molecule has 31 heavy (non-hydrogen) atoms. The Hall–Kier alpha value is -2.91. The lowest BCUT2D eigenvalue weighted by Gasteiger charge is -2.33. The van der Waals surface area contributed by atoms with Crippen LogP contribution < -0.4 is 10.1 Å². The average Bonchev–Trinajstić information content (AvgIpc) is 2.78. The van der Waals surface area contributed by atoms with Gasteiger partial charge < -0.3 is 15.0 Å². The van der Waals surface area contributed by atoms with Crippen molar-refractivity contribution in [2.24, 2.45) is 5.92 Å². The largest absolute Gasteiger partial charge is 0.482 e. The van der Waals surface area contributed by atoms with Gasteiger partial charge in [-0.15, -0.1) is 0 Å². The molecule has 0 radical (unpaired) electrons. The van der Waals surface area contributed by atoms with Crippen molar-refractivity contribution in [1.29, 1.82) is 0 Å². The minimum atomic E-state index is -3.81. The monoisotopic (exact) mass is 443 g/mol. The Morgan fingerprint density at radius 2 is 2.00 bits per heavy atom. The molecule has 2 heterocycles. The lowest BCUT2D eigenvalue weighted by molar-refractivity contribution is -0.135. The number of sulfonamides is 1. The molecule has 9 heteroatoms. The van der Waals surface area contributed by atoms with Crippen LogP contribution >= 0.6 is 0 Å². The highest BCUT2D eigenvalue weighted by Crippen LogP contribution is 2.32. The number of rotatable bonds is 5. The van der Waals surface area contributed by atoms with Crippen molar-refractivity contribution in [3.63, 3.8) is 0 Å². The van der Waals surface area contributed by atoms with Crippen molar-refractivity contribution in [1.82, 2.24) is 9.21 Å². The Morgan fingerprint density at radius 1 is 1.23 bits per heavy atom. The molecule has 0 aromatic heterocycles. The highest BCUT2D eigenvalue weighted by Gasteiger charge is 2.35. The van der Waals surface area contributed by atoms with Crippen LogP contribution in [0.4, 0.5) is 5.69 Å². The summed E-state index contributed by atoms with van der Waals surface area (Å²) in [5, 5.41) is 2.63. The van der Waals surface area contributed by atoms with E-state index >= 15 is 0 Å². The van der Waals surface area contributed by atoms with E-state index in [-0.39, 0.29) is 29.9 Å². The van der Waals surface area contributed by atoms with Gasteiger partial charge in [-0.05, 0) is 36.6 Å². The van der Waals surface area contributed by atoms with Crippen molar-refractivity contribution in [3.8, 4) is 5.75 Å². The molecule has 164 valence electrons. The number of nitrogens with one attached hydrogen (secondary N) is 1. The molecule has 1 N–H and O–H groups in total. The molecule has 8 nitrogen and oxygen atoms in total. The molecule has 2 aliphatic rings. The Balaban J connectivity index is 1.48. The van der Waals surface area contributed by atoms with Crippen molar-refractivity contribution >= 4 is 27.5 Å². The fourth-order valence-electron chi connectivity index (χ4n) is 3.98. The van der Waals surface area contributed by atoms with Crippen LogP contribution in [0, 0.1) is 5.92 Å². The Labute approximate surface area is 181 Å². The molecule has 0 bridgehead atoms. The summed E-state index contributed by atoms with van der Waals surface area (Å²) in [7, 11) is -2.06. The molecule has 0 saturated carbocycles. The molecule has 2 aromatic rings. The van der Waals surface area contributed by atoms with Crippen LogP contribution in [0.5, 0.6) is 5.75 Å². The van der Waals surface area contributed by atoms with Crippen LogP contribution in [0.1, 0.15) is 18.4 Å². The second-order valence-electron chi connectivity index (χ2n) is 7.88. The molecule has 1 fully saturated rings. The minimum absolute atomic E-state index is 0.0603. The average molecular weight is 444 g/mol. The molecule has 2 aliphatic heterocycles. The fraction of sp³-hybridized carbons (Fsp3) is 0.364. The third-order valence-electron chi connectivity index (χ3n) is 5.59. The number of carbonyl (C=O) groups is 2. The number of amides is 2. The Kier molecular flexibility index (Phi) is 5.97.